The summed E-state index contributed by atoms with van der Waals surface area (Å²) < 4.78 is 11.2. The molecule has 4 aliphatic rings. The van der Waals surface area contributed by atoms with Gasteiger partial charge in [0.05, 0.1) is 50.1 Å². The number of amides is 1. The third-order valence-corrected chi connectivity index (χ3v) is 8.75. The number of allylic oxidation sites excluding steroid dienone is 2. The lowest BCUT2D eigenvalue weighted by Gasteiger charge is -2.36. The zero-order chi connectivity index (χ0) is 28.3. The van der Waals surface area contributed by atoms with Crippen LogP contribution in [0.2, 0.25) is 0 Å². The molecule has 6 rings (SSSR count). The Morgan fingerprint density at radius 2 is 2.02 bits per heavy atom. The number of aliphatic hydroxyl groups is 1. The van der Waals surface area contributed by atoms with E-state index in [0.29, 0.717) is 24.8 Å². The van der Waals surface area contributed by atoms with Gasteiger partial charge in [0.1, 0.15) is 11.6 Å². The first kappa shape index (κ1) is 27.9. The Morgan fingerprint density at radius 3 is 2.76 bits per heavy atom. The molecule has 2 atom stereocenters. The van der Waals surface area contributed by atoms with Gasteiger partial charge in [0, 0.05) is 37.7 Å². The number of nitrogens with zero attached hydrogens (tertiary/aromatic N) is 5. The van der Waals surface area contributed by atoms with E-state index >= 15 is 0 Å². The number of hydrogen-bond acceptors (Lipinski definition) is 10. The number of ether oxygens (including phenoxy) is 2. The number of anilines is 2. The van der Waals surface area contributed by atoms with Crippen LogP contribution in [-0.4, -0.2) is 102 Å². The maximum absolute atomic E-state index is 12.9. The van der Waals surface area contributed by atoms with Crippen LogP contribution in [-0.2, 0) is 14.3 Å². The van der Waals surface area contributed by atoms with Crippen LogP contribution in [0.5, 0.6) is 0 Å². The Labute approximate surface area is 241 Å². The molecule has 2 aromatic rings. The largest absolute Gasteiger partial charge is 0.501 e. The predicted molar refractivity (Wildman–Crippen MR) is 158 cm³/mol. The molecule has 3 fully saturated rings. The van der Waals surface area contributed by atoms with E-state index in [9.17, 15) is 9.90 Å². The number of hydrogen-bond donors (Lipinski definition) is 3. The topological polar surface area (TPSA) is 125 Å². The van der Waals surface area contributed by atoms with Gasteiger partial charge in [-0.05, 0) is 69.4 Å². The van der Waals surface area contributed by atoms with Crippen molar-refractivity contribution < 1.29 is 19.4 Å². The molecule has 2 aromatic heterocycles. The fourth-order valence-corrected chi connectivity index (χ4v) is 6.38. The highest BCUT2D eigenvalue weighted by Crippen LogP contribution is 2.33. The SMILES string of the molecule is COC1=C(CO)C=C(c2ccc3c(N4CCOC[C@@H]4C)nc(NC4CCN(C(=O)C5CCCN5)CC4)nc3n2)CC1. The number of carbonyl (C=O) groups excluding carboxylic acids is 1. The smallest absolute Gasteiger partial charge is 0.239 e. The van der Waals surface area contributed by atoms with Gasteiger partial charge in [0.25, 0.3) is 0 Å². The second kappa shape index (κ2) is 12.3. The van der Waals surface area contributed by atoms with Crippen LogP contribution < -0.4 is 15.5 Å². The highest BCUT2D eigenvalue weighted by molar-refractivity contribution is 5.90. The van der Waals surface area contributed by atoms with Gasteiger partial charge < -0.3 is 35.0 Å². The number of fused-ring (bicyclic) bond motifs is 1. The van der Waals surface area contributed by atoms with Gasteiger partial charge in [-0.2, -0.15) is 9.97 Å². The molecule has 0 bridgehead atoms. The summed E-state index contributed by atoms with van der Waals surface area (Å²) >= 11 is 0. The van der Waals surface area contributed by atoms with E-state index in [1.165, 1.54) is 0 Å². The molecule has 220 valence electrons. The van der Waals surface area contributed by atoms with Gasteiger partial charge in [0.15, 0.2) is 5.65 Å². The van der Waals surface area contributed by atoms with Crippen LogP contribution in [0.25, 0.3) is 16.6 Å². The van der Waals surface area contributed by atoms with Crippen LogP contribution in [0.4, 0.5) is 11.8 Å². The summed E-state index contributed by atoms with van der Waals surface area (Å²) in [5.74, 6) is 2.48. The van der Waals surface area contributed by atoms with E-state index in [1.807, 2.05) is 17.0 Å². The second-order valence-corrected chi connectivity index (χ2v) is 11.4. The summed E-state index contributed by atoms with van der Waals surface area (Å²) in [6, 6.07) is 4.43. The van der Waals surface area contributed by atoms with E-state index in [4.69, 9.17) is 24.4 Å². The first-order valence-electron chi connectivity index (χ1n) is 14.9. The van der Waals surface area contributed by atoms with Crippen molar-refractivity contribution >= 4 is 34.3 Å². The Morgan fingerprint density at radius 1 is 1.17 bits per heavy atom. The number of aliphatic hydroxyl groups excluding tert-OH is 1. The molecule has 0 aromatic carbocycles. The highest BCUT2D eigenvalue weighted by atomic mass is 16.5. The number of nitrogens with one attached hydrogen (secondary N) is 2. The van der Waals surface area contributed by atoms with Crippen molar-refractivity contribution in [1.29, 1.82) is 0 Å². The van der Waals surface area contributed by atoms with Crippen LogP contribution in [0.1, 0.15) is 51.1 Å². The molecule has 0 radical (unpaired) electrons. The molecule has 3 N–H and O–H groups in total. The number of aromatic nitrogens is 3. The van der Waals surface area contributed by atoms with Crippen molar-refractivity contribution in [3.63, 3.8) is 0 Å². The maximum Gasteiger partial charge on any atom is 0.239 e. The standard InChI is InChI=1S/C30H41N7O4/c1-19-18-41-15-14-37(19)28-23-6-7-24(20-5-8-26(40-2)21(16-20)17-38)33-27(23)34-30(35-28)32-22-9-12-36(13-10-22)29(39)25-4-3-11-31-25/h6-7,16,19,22,25,31,38H,3-5,8-15,17-18H2,1-2H3,(H,32,33,34,35)/t19-,25?/m0/s1. The second-order valence-electron chi connectivity index (χ2n) is 11.4. The number of piperidine rings is 1. The van der Waals surface area contributed by atoms with Crippen LogP contribution in [0, 0.1) is 0 Å². The van der Waals surface area contributed by atoms with Crippen LogP contribution >= 0.6 is 0 Å². The Kier molecular flexibility index (Phi) is 8.36. The lowest BCUT2D eigenvalue weighted by atomic mass is 9.95. The molecule has 1 unspecified atom stereocenters. The minimum Gasteiger partial charge on any atom is -0.501 e. The third-order valence-electron chi connectivity index (χ3n) is 8.75. The first-order chi connectivity index (χ1) is 20.0. The molecule has 3 aliphatic heterocycles. The summed E-state index contributed by atoms with van der Waals surface area (Å²) in [6.07, 6.45) is 7.19. The van der Waals surface area contributed by atoms with Crippen LogP contribution in [0.15, 0.2) is 29.5 Å². The van der Waals surface area contributed by atoms with Gasteiger partial charge in [0.2, 0.25) is 11.9 Å². The molecule has 1 amide bonds. The van der Waals surface area contributed by atoms with Gasteiger partial charge >= 0.3 is 0 Å². The number of morpholine rings is 1. The van der Waals surface area contributed by atoms with Crippen molar-refractivity contribution in [1.82, 2.24) is 25.2 Å². The number of rotatable bonds is 7. The zero-order valence-corrected chi connectivity index (χ0v) is 24.1. The van der Waals surface area contributed by atoms with Gasteiger partial charge in [-0.25, -0.2) is 4.98 Å². The van der Waals surface area contributed by atoms with Gasteiger partial charge in [-0.1, -0.05) is 0 Å². The van der Waals surface area contributed by atoms with E-state index in [0.717, 1.165) is 98.5 Å². The van der Waals surface area contributed by atoms with Crippen molar-refractivity contribution in [3.05, 3.63) is 35.2 Å². The fourth-order valence-electron chi connectivity index (χ4n) is 6.38. The quantitative estimate of drug-likeness (QED) is 0.463. The normalized spacial score (nSPS) is 24.1. The molecule has 0 spiro atoms. The van der Waals surface area contributed by atoms with E-state index in [-0.39, 0.29) is 30.6 Å². The Bertz CT molecular complexity index is 1330. The van der Waals surface area contributed by atoms with Crippen molar-refractivity contribution in [3.8, 4) is 0 Å². The van der Waals surface area contributed by atoms with Crippen molar-refractivity contribution in [2.24, 2.45) is 0 Å². The van der Waals surface area contributed by atoms with Crippen molar-refractivity contribution in [2.75, 3.05) is 63.3 Å². The number of carbonyl (C=O) groups is 1. The summed E-state index contributed by atoms with van der Waals surface area (Å²) in [5, 5.41) is 17.7. The highest BCUT2D eigenvalue weighted by Gasteiger charge is 2.31. The zero-order valence-electron chi connectivity index (χ0n) is 24.1. The maximum atomic E-state index is 12.9. The summed E-state index contributed by atoms with van der Waals surface area (Å²) in [6.45, 7) is 6.52. The van der Waals surface area contributed by atoms with Crippen LogP contribution in [0.3, 0.4) is 0 Å². The van der Waals surface area contributed by atoms with Gasteiger partial charge in [-0.3, -0.25) is 4.79 Å². The minimum absolute atomic E-state index is 0.0222. The monoisotopic (exact) mass is 563 g/mol. The van der Waals surface area contributed by atoms with Crippen molar-refractivity contribution in [2.45, 2.75) is 63.6 Å². The molecular formula is C30H41N7O4. The Balaban J connectivity index is 1.27. The molecule has 3 saturated heterocycles. The number of pyridine rings is 1. The molecule has 41 heavy (non-hydrogen) atoms. The third kappa shape index (κ3) is 5.89. The average Bonchev–Trinajstić information content (AvgIpc) is 3.56. The molecule has 5 heterocycles. The summed E-state index contributed by atoms with van der Waals surface area (Å²) in [7, 11) is 1.65. The average molecular weight is 564 g/mol. The molecule has 1 aliphatic carbocycles. The predicted octanol–water partition coefficient (Wildman–Crippen LogP) is 2.47. The molecule has 0 saturated carbocycles. The number of methoxy groups -OCH3 is 1. The van der Waals surface area contributed by atoms with E-state index < -0.39 is 0 Å². The minimum atomic E-state index is -0.0723. The molecular weight excluding hydrogens is 522 g/mol. The summed E-state index contributed by atoms with van der Waals surface area (Å²) in [4.78, 5) is 32.1. The molecule has 11 nitrogen and oxygen atoms in total. The van der Waals surface area contributed by atoms with Gasteiger partial charge in [-0.15, -0.1) is 0 Å². The summed E-state index contributed by atoms with van der Waals surface area (Å²) in [5.41, 5.74) is 3.33. The van der Waals surface area contributed by atoms with E-state index in [1.54, 1.807) is 7.11 Å². The van der Waals surface area contributed by atoms with E-state index in [2.05, 4.69) is 28.5 Å². The first-order valence-corrected chi connectivity index (χ1v) is 14.9. The number of likely N-dealkylation sites (tertiary alicyclic amines) is 1. The molecule has 11 heteroatoms. The lowest BCUT2D eigenvalue weighted by molar-refractivity contribution is -0.134. The lowest BCUT2D eigenvalue weighted by Crippen LogP contribution is -2.49. The Hall–Kier alpha value is -3.28. The fraction of sp³-hybridized carbons (Fsp3) is 0.600.